The normalized spacial score (nSPS) is 21.4. The number of carbonyl (C=O) groups excluding carboxylic acids is 3. The number of cyclic esters (lactones) is 1. The Kier molecular flexibility index (Phi) is 7.70. The highest BCUT2D eigenvalue weighted by Gasteiger charge is 2.39. The number of aryl methyl sites for hydroxylation is 2. The highest BCUT2D eigenvalue weighted by atomic mass is 16.6. The van der Waals surface area contributed by atoms with Gasteiger partial charge in [-0.05, 0) is 49.8 Å². The summed E-state index contributed by atoms with van der Waals surface area (Å²) in [5.74, 6) is -1.09. The van der Waals surface area contributed by atoms with Crippen LogP contribution in [0.1, 0.15) is 43.8 Å². The van der Waals surface area contributed by atoms with Gasteiger partial charge in [0.05, 0.1) is 17.2 Å². The molecule has 2 heterocycles. The highest BCUT2D eigenvalue weighted by molar-refractivity contribution is 6.01. The van der Waals surface area contributed by atoms with Crippen LogP contribution < -0.4 is 0 Å². The number of rotatable bonds is 7. The molecule has 2 aliphatic rings. The van der Waals surface area contributed by atoms with Crippen LogP contribution in [0.25, 0.3) is 5.57 Å². The molecular weight excluding hydrogens is 496 g/mol. The van der Waals surface area contributed by atoms with E-state index in [1.54, 1.807) is 30.3 Å². The Labute approximate surface area is 226 Å². The summed E-state index contributed by atoms with van der Waals surface area (Å²) in [4.78, 5) is 37.6. The molecular formula is C32H28O7. The van der Waals surface area contributed by atoms with Crippen LogP contribution >= 0.6 is 0 Å². The minimum Gasteiger partial charge on any atom is -0.459 e. The Bertz CT molecular complexity index is 1420. The highest BCUT2D eigenvalue weighted by Crippen LogP contribution is 2.33. The van der Waals surface area contributed by atoms with Gasteiger partial charge < -0.3 is 18.9 Å². The molecule has 0 radical (unpaired) electrons. The van der Waals surface area contributed by atoms with Crippen molar-refractivity contribution in [3.05, 3.63) is 125 Å². The number of benzene rings is 3. The van der Waals surface area contributed by atoms with Crippen molar-refractivity contribution in [2.45, 2.75) is 38.6 Å². The van der Waals surface area contributed by atoms with E-state index in [0.717, 1.165) is 16.7 Å². The Morgan fingerprint density at radius 2 is 1.49 bits per heavy atom. The van der Waals surface area contributed by atoms with Crippen molar-refractivity contribution >= 4 is 23.5 Å². The van der Waals surface area contributed by atoms with Gasteiger partial charge in [0.15, 0.2) is 0 Å². The van der Waals surface area contributed by atoms with Gasteiger partial charge in [0.2, 0.25) is 0 Å². The standard InChI is InChI=1S/C32H28O7/c1-20-8-12-23(13-9-20)31(34)36-19-29-28(39-32(35)24-14-10-21(2)11-15-24)17-25(37-29)16-27-26(18-30(33)38-27)22-6-4-3-5-7-22/h3-16,18,25,28-29H,17,19H2,1-2H3/b27-16-/t25-,28-,29+/m0/s1. The molecule has 0 aromatic heterocycles. The predicted octanol–water partition coefficient (Wildman–Crippen LogP) is 5.37. The molecule has 1 saturated heterocycles. The van der Waals surface area contributed by atoms with Crippen LogP contribution in [0.2, 0.25) is 0 Å². The lowest BCUT2D eigenvalue weighted by atomic mass is 10.0. The second-order valence-corrected chi connectivity index (χ2v) is 9.60. The molecule has 0 unspecified atom stereocenters. The van der Waals surface area contributed by atoms with E-state index in [-0.39, 0.29) is 6.61 Å². The molecule has 2 aliphatic heterocycles. The monoisotopic (exact) mass is 524 g/mol. The summed E-state index contributed by atoms with van der Waals surface area (Å²) in [7, 11) is 0. The van der Waals surface area contributed by atoms with Crippen molar-refractivity contribution in [1.82, 2.24) is 0 Å². The summed E-state index contributed by atoms with van der Waals surface area (Å²) in [5, 5.41) is 0. The van der Waals surface area contributed by atoms with Gasteiger partial charge in [0.1, 0.15) is 24.6 Å². The van der Waals surface area contributed by atoms with Gasteiger partial charge in [-0.2, -0.15) is 0 Å². The molecule has 39 heavy (non-hydrogen) atoms. The van der Waals surface area contributed by atoms with Gasteiger partial charge in [-0.3, -0.25) is 0 Å². The molecule has 0 N–H and O–H groups in total. The number of ether oxygens (including phenoxy) is 4. The molecule has 0 saturated carbocycles. The molecule has 0 spiro atoms. The van der Waals surface area contributed by atoms with Crippen molar-refractivity contribution < 1.29 is 33.3 Å². The quantitative estimate of drug-likeness (QED) is 0.303. The van der Waals surface area contributed by atoms with Gasteiger partial charge in [-0.1, -0.05) is 65.7 Å². The fourth-order valence-electron chi connectivity index (χ4n) is 4.47. The first-order chi connectivity index (χ1) is 18.9. The first kappa shape index (κ1) is 26.1. The predicted molar refractivity (Wildman–Crippen MR) is 144 cm³/mol. The lowest BCUT2D eigenvalue weighted by Crippen LogP contribution is -2.32. The number of hydrogen-bond donors (Lipinski definition) is 0. The van der Waals surface area contributed by atoms with Crippen LogP contribution in [0.5, 0.6) is 0 Å². The average Bonchev–Trinajstić information content (AvgIpc) is 3.50. The topological polar surface area (TPSA) is 88.1 Å². The van der Waals surface area contributed by atoms with Crippen LogP contribution in [0.4, 0.5) is 0 Å². The maximum Gasteiger partial charge on any atom is 0.338 e. The zero-order chi connectivity index (χ0) is 27.4. The summed E-state index contributed by atoms with van der Waals surface area (Å²) in [6, 6.07) is 23.5. The molecule has 1 fully saturated rings. The summed E-state index contributed by atoms with van der Waals surface area (Å²) < 4.78 is 23.0. The third-order valence-corrected chi connectivity index (χ3v) is 6.60. The molecule has 7 heteroatoms. The van der Waals surface area contributed by atoms with Crippen molar-refractivity contribution in [3.8, 4) is 0 Å². The van der Waals surface area contributed by atoms with Crippen LogP contribution in [0.3, 0.4) is 0 Å². The number of hydrogen-bond acceptors (Lipinski definition) is 7. The van der Waals surface area contributed by atoms with Crippen LogP contribution in [-0.2, 0) is 23.7 Å². The second-order valence-electron chi connectivity index (χ2n) is 9.60. The second kappa shape index (κ2) is 11.5. The summed E-state index contributed by atoms with van der Waals surface area (Å²) >= 11 is 0. The Morgan fingerprint density at radius 1 is 0.872 bits per heavy atom. The SMILES string of the molecule is Cc1ccc(C(=O)OC[C@H]2O[C@@H](/C=C3\OC(=O)C=C3c3ccccc3)C[C@@H]2OC(=O)c2ccc(C)cc2)cc1. The van der Waals surface area contributed by atoms with Gasteiger partial charge in [-0.25, -0.2) is 14.4 Å². The van der Waals surface area contributed by atoms with Crippen LogP contribution in [-0.4, -0.2) is 42.8 Å². The van der Waals surface area contributed by atoms with Gasteiger partial charge in [-0.15, -0.1) is 0 Å². The third-order valence-electron chi connectivity index (χ3n) is 6.60. The van der Waals surface area contributed by atoms with Crippen molar-refractivity contribution in [3.63, 3.8) is 0 Å². The largest absolute Gasteiger partial charge is 0.459 e. The Hall–Kier alpha value is -4.49. The molecule has 0 bridgehead atoms. The zero-order valence-corrected chi connectivity index (χ0v) is 21.7. The number of allylic oxidation sites excluding steroid dienone is 1. The van der Waals surface area contributed by atoms with E-state index in [1.807, 2.05) is 68.4 Å². The summed E-state index contributed by atoms with van der Waals surface area (Å²) in [6.07, 6.45) is 1.50. The Morgan fingerprint density at radius 3 is 2.13 bits per heavy atom. The van der Waals surface area contributed by atoms with E-state index in [1.165, 1.54) is 6.08 Å². The first-order valence-corrected chi connectivity index (χ1v) is 12.7. The summed E-state index contributed by atoms with van der Waals surface area (Å²) in [5.41, 5.74) is 4.36. The van der Waals surface area contributed by atoms with Gasteiger partial charge in [0, 0.05) is 18.1 Å². The molecule has 0 amide bonds. The van der Waals surface area contributed by atoms with Gasteiger partial charge in [0.25, 0.3) is 0 Å². The minimum absolute atomic E-state index is 0.112. The Balaban J connectivity index is 1.33. The summed E-state index contributed by atoms with van der Waals surface area (Å²) in [6.45, 7) is 3.76. The fraction of sp³-hybridized carbons (Fsp3) is 0.219. The van der Waals surface area contributed by atoms with Crippen molar-refractivity contribution in [2.75, 3.05) is 6.61 Å². The first-order valence-electron chi connectivity index (χ1n) is 12.7. The van der Waals surface area contributed by atoms with Crippen LogP contribution in [0.15, 0.2) is 96.8 Å². The molecule has 0 aliphatic carbocycles. The molecule has 3 aromatic carbocycles. The lowest BCUT2D eigenvalue weighted by molar-refractivity contribution is -0.132. The van der Waals surface area contributed by atoms with Crippen LogP contribution in [0, 0.1) is 13.8 Å². The zero-order valence-electron chi connectivity index (χ0n) is 21.7. The van der Waals surface area contributed by atoms with E-state index in [4.69, 9.17) is 18.9 Å². The molecule has 198 valence electrons. The van der Waals surface area contributed by atoms with Gasteiger partial charge >= 0.3 is 17.9 Å². The number of esters is 3. The van der Waals surface area contributed by atoms with Crippen molar-refractivity contribution in [1.29, 1.82) is 0 Å². The van der Waals surface area contributed by atoms with Crippen molar-refractivity contribution in [2.24, 2.45) is 0 Å². The third kappa shape index (κ3) is 6.33. The van der Waals surface area contributed by atoms with E-state index in [9.17, 15) is 14.4 Å². The molecule has 7 nitrogen and oxygen atoms in total. The smallest absolute Gasteiger partial charge is 0.338 e. The maximum absolute atomic E-state index is 12.9. The minimum atomic E-state index is -0.711. The lowest BCUT2D eigenvalue weighted by Gasteiger charge is -2.19. The van der Waals surface area contributed by atoms with E-state index < -0.39 is 36.2 Å². The molecule has 5 rings (SSSR count). The average molecular weight is 525 g/mol. The van der Waals surface area contributed by atoms with E-state index in [2.05, 4.69) is 0 Å². The molecule has 3 atom stereocenters. The molecule has 3 aromatic rings. The fourth-order valence-corrected chi connectivity index (χ4v) is 4.47. The van der Waals surface area contributed by atoms with E-state index >= 15 is 0 Å². The number of carbonyl (C=O) groups is 3. The van der Waals surface area contributed by atoms with E-state index in [0.29, 0.717) is 28.9 Å². The maximum atomic E-state index is 12.9.